The van der Waals surface area contributed by atoms with Crippen LogP contribution in [0.4, 0.5) is 0 Å². The molecule has 112 valence electrons. The Morgan fingerprint density at radius 1 is 0.556 bits per heavy atom. The standard InChI is InChI=1S/4HNO3.H3N.H4Si/c4*2-1(3)4;;/h4*(H,2,3,4);1H3;1H4. The van der Waals surface area contributed by atoms with Crippen molar-refractivity contribution in [2.75, 3.05) is 0 Å². The lowest BCUT2D eigenvalue weighted by atomic mass is 13.1. The predicted molar refractivity (Wildman–Crippen MR) is 51.5 cm³/mol. The molecule has 18 heavy (non-hydrogen) atoms. The molecule has 0 aromatic heterocycles. The normalized spacial score (nSPS) is 5.33. The second-order valence-corrected chi connectivity index (χ2v) is 0.951. The first-order chi connectivity index (χ1) is 6.93. The average molecular weight is 301 g/mol. The van der Waals surface area contributed by atoms with Gasteiger partial charge in [-0.25, -0.2) is 0 Å². The van der Waals surface area contributed by atoms with E-state index in [4.69, 9.17) is 61.3 Å². The smallest absolute Gasteiger partial charge is 0.291 e. The molecule has 0 fully saturated rings. The van der Waals surface area contributed by atoms with Crippen molar-refractivity contribution in [1.82, 2.24) is 6.15 Å². The Bertz CT molecular complexity index is 161. The summed E-state index contributed by atoms with van der Waals surface area (Å²) in [5.41, 5.74) is 0. The Morgan fingerprint density at radius 3 is 0.556 bits per heavy atom. The van der Waals surface area contributed by atoms with Gasteiger partial charge >= 0.3 is 0 Å². The van der Waals surface area contributed by atoms with Gasteiger partial charge in [0.15, 0.2) is 0 Å². The lowest BCUT2D eigenvalue weighted by Gasteiger charge is -1.56. The highest BCUT2D eigenvalue weighted by Crippen LogP contribution is 1.39. The van der Waals surface area contributed by atoms with Crippen LogP contribution < -0.4 is 6.15 Å². The molecule has 0 saturated carbocycles. The average Bonchev–Trinajstić information content (AvgIpc) is 1.76. The van der Waals surface area contributed by atoms with Gasteiger partial charge in [0.2, 0.25) is 0 Å². The van der Waals surface area contributed by atoms with E-state index in [1.807, 2.05) is 0 Å². The summed E-state index contributed by atoms with van der Waals surface area (Å²) in [6, 6.07) is 0. The summed E-state index contributed by atoms with van der Waals surface area (Å²) in [7, 11) is 0. The van der Waals surface area contributed by atoms with Crippen LogP contribution in [0.5, 0.6) is 0 Å². The molecule has 0 amide bonds. The van der Waals surface area contributed by atoms with Crippen LogP contribution in [0, 0.1) is 40.5 Å². The summed E-state index contributed by atoms with van der Waals surface area (Å²) in [6.07, 6.45) is 0. The van der Waals surface area contributed by atoms with Crippen LogP contribution in [0.2, 0.25) is 0 Å². The zero-order chi connectivity index (χ0) is 14.3. The van der Waals surface area contributed by atoms with Crippen LogP contribution in [0.1, 0.15) is 0 Å². The summed E-state index contributed by atoms with van der Waals surface area (Å²) >= 11 is 0. The van der Waals surface area contributed by atoms with Gasteiger partial charge in [-0.2, -0.15) is 0 Å². The van der Waals surface area contributed by atoms with Gasteiger partial charge < -0.3 is 27.0 Å². The molecule has 0 bridgehead atoms. The van der Waals surface area contributed by atoms with E-state index in [1.54, 1.807) is 0 Å². The fraction of sp³-hybridized carbons (Fsp3) is 0. The molecule has 0 rings (SSSR count). The van der Waals surface area contributed by atoms with Gasteiger partial charge in [-0.3, -0.25) is 0 Å². The molecule has 0 aliphatic heterocycles. The van der Waals surface area contributed by atoms with E-state index >= 15 is 0 Å². The maximum Gasteiger partial charge on any atom is 0.291 e. The molecule has 18 heteroatoms. The molecule has 0 heterocycles. The van der Waals surface area contributed by atoms with E-state index in [0.717, 1.165) is 0 Å². The molecule has 0 aliphatic carbocycles. The Kier molecular flexibility index (Phi) is 58.9. The van der Waals surface area contributed by atoms with Crippen molar-refractivity contribution in [3.63, 3.8) is 0 Å². The molecule has 0 aliphatic rings. The predicted octanol–water partition coefficient (Wildman–Crippen LogP) is -2.68. The van der Waals surface area contributed by atoms with Crippen molar-refractivity contribution in [3.05, 3.63) is 40.5 Å². The second-order valence-electron chi connectivity index (χ2n) is 0.951. The maximum atomic E-state index is 8.36. The molecule has 0 aromatic carbocycles. The van der Waals surface area contributed by atoms with Crippen LogP contribution in [0.25, 0.3) is 0 Å². The minimum Gasteiger partial charge on any atom is -0.344 e. The van der Waals surface area contributed by atoms with Crippen molar-refractivity contribution >= 4 is 11.0 Å². The van der Waals surface area contributed by atoms with Crippen molar-refractivity contribution in [2.24, 2.45) is 0 Å². The Hall–Kier alpha value is -3.02. The maximum absolute atomic E-state index is 8.36. The number of hydrogen-bond donors (Lipinski definition) is 5. The Balaban J connectivity index is -0.0000000257. The molecule has 0 saturated heterocycles. The van der Waals surface area contributed by atoms with Gasteiger partial charge in [0.05, 0.1) is 0 Å². The van der Waals surface area contributed by atoms with Crippen LogP contribution in [0.15, 0.2) is 0 Å². The van der Waals surface area contributed by atoms with Crippen molar-refractivity contribution < 1.29 is 41.2 Å². The summed E-state index contributed by atoms with van der Waals surface area (Å²) in [5.74, 6) is 0. The molecule has 0 aromatic rings. The highest BCUT2D eigenvalue weighted by Gasteiger charge is 1.66. The van der Waals surface area contributed by atoms with Gasteiger partial charge in [-0.15, -0.1) is 40.5 Å². The van der Waals surface area contributed by atoms with E-state index in [9.17, 15) is 0 Å². The van der Waals surface area contributed by atoms with Gasteiger partial charge in [-0.05, 0) is 11.0 Å². The van der Waals surface area contributed by atoms with E-state index in [0.29, 0.717) is 0 Å². The fourth-order valence-electron chi connectivity index (χ4n) is 0. The largest absolute Gasteiger partial charge is 0.344 e. The SMILES string of the molecule is N.O=[N+]([O-])O.O=[N+]([O-])O.O=[N+]([O-])O.O=[N+]([O-])O.[SiH4]. The third kappa shape index (κ3) is 204. The van der Waals surface area contributed by atoms with Gasteiger partial charge in [0.25, 0.3) is 20.3 Å². The van der Waals surface area contributed by atoms with Crippen molar-refractivity contribution in [1.29, 1.82) is 0 Å². The highest BCUT2D eigenvalue weighted by molar-refractivity contribution is 5.75. The molecule has 17 nitrogen and oxygen atoms in total. The van der Waals surface area contributed by atoms with Gasteiger partial charge in [0, 0.05) is 0 Å². The molecule has 0 atom stereocenters. The first kappa shape index (κ1) is 36.3. The summed E-state index contributed by atoms with van der Waals surface area (Å²) in [5, 5.41) is 54.6. The summed E-state index contributed by atoms with van der Waals surface area (Å²) < 4.78 is 0. The monoisotopic (exact) mass is 301 g/mol. The Labute approximate surface area is 99.9 Å². The lowest BCUT2D eigenvalue weighted by molar-refractivity contribution is -0.742. The molecule has 7 N–H and O–H groups in total. The van der Waals surface area contributed by atoms with Crippen molar-refractivity contribution in [3.8, 4) is 0 Å². The minimum absolute atomic E-state index is 0. The van der Waals surface area contributed by atoms with E-state index in [-0.39, 0.29) is 17.1 Å². The lowest BCUT2D eigenvalue weighted by Crippen LogP contribution is -1.81. The van der Waals surface area contributed by atoms with Crippen LogP contribution in [0.3, 0.4) is 0 Å². The first-order valence-electron chi connectivity index (χ1n) is 2.26. The number of nitrogens with zero attached hydrogens (tertiary/aromatic N) is 4. The fourth-order valence-corrected chi connectivity index (χ4v) is 0. The summed E-state index contributed by atoms with van der Waals surface area (Å²) in [4.78, 5) is 33.4. The third-order valence-corrected chi connectivity index (χ3v) is 0. The highest BCUT2D eigenvalue weighted by atomic mass is 28.1. The molecular weight excluding hydrogens is 290 g/mol. The van der Waals surface area contributed by atoms with E-state index < -0.39 is 20.3 Å². The molecular formula is H11N5O12Si. The second kappa shape index (κ2) is 29.2. The van der Waals surface area contributed by atoms with Gasteiger partial charge in [0.1, 0.15) is 0 Å². The zero-order valence-electron chi connectivity index (χ0n) is 7.55. The number of rotatable bonds is 0. The quantitative estimate of drug-likeness (QED) is 0.173. The molecule has 0 spiro atoms. The van der Waals surface area contributed by atoms with Crippen LogP contribution >= 0.6 is 0 Å². The van der Waals surface area contributed by atoms with Crippen LogP contribution in [-0.2, 0) is 0 Å². The van der Waals surface area contributed by atoms with E-state index in [1.165, 1.54) is 0 Å². The van der Waals surface area contributed by atoms with Gasteiger partial charge in [-0.1, -0.05) is 0 Å². The van der Waals surface area contributed by atoms with Crippen LogP contribution in [-0.4, -0.2) is 52.1 Å². The molecule has 0 radical (unpaired) electrons. The number of hydrogen-bond acceptors (Lipinski definition) is 9. The summed E-state index contributed by atoms with van der Waals surface area (Å²) in [6.45, 7) is 0. The van der Waals surface area contributed by atoms with E-state index in [2.05, 4.69) is 0 Å². The first-order valence-corrected chi connectivity index (χ1v) is 2.26. The topological polar surface area (TPSA) is 288 Å². The third-order valence-electron chi connectivity index (χ3n) is 0. The minimum atomic E-state index is -1.50. The Morgan fingerprint density at radius 2 is 0.556 bits per heavy atom. The zero-order valence-corrected chi connectivity index (χ0v) is 7.55. The van der Waals surface area contributed by atoms with Crippen molar-refractivity contribution in [2.45, 2.75) is 0 Å². The molecule has 0 unspecified atom stereocenters.